The summed E-state index contributed by atoms with van der Waals surface area (Å²) in [5, 5.41) is 0. The number of carbonyl (C=O) groups is 1. The largest absolute Gasteiger partial charge is 0.417 e. The fourth-order valence-electron chi connectivity index (χ4n) is 1.89. The first-order valence-electron chi connectivity index (χ1n) is 5.96. The average Bonchev–Trinajstić information content (AvgIpc) is 2.88. The first-order valence-corrected chi connectivity index (χ1v) is 5.96. The van der Waals surface area contributed by atoms with Crippen molar-refractivity contribution in [3.8, 4) is 0 Å². The standard InChI is InChI=1S/C12H13F3N2O2/c13-12(14,15)8-5-6-10(16-7-8)11(18)17-19-9-3-1-2-4-9/h5-7,9H,1-4H2,(H,17,18). The Hall–Kier alpha value is -1.63. The Morgan fingerprint density at radius 1 is 1.32 bits per heavy atom. The van der Waals surface area contributed by atoms with Crippen molar-refractivity contribution in [2.24, 2.45) is 0 Å². The number of aromatic nitrogens is 1. The zero-order chi connectivity index (χ0) is 13.9. The molecule has 1 aliphatic carbocycles. The maximum Gasteiger partial charge on any atom is 0.417 e. The van der Waals surface area contributed by atoms with Crippen molar-refractivity contribution in [3.63, 3.8) is 0 Å². The molecule has 0 spiro atoms. The predicted octanol–water partition coefficient (Wildman–Crippen LogP) is 2.70. The Morgan fingerprint density at radius 3 is 2.53 bits per heavy atom. The predicted molar refractivity (Wildman–Crippen MR) is 60.0 cm³/mol. The lowest BCUT2D eigenvalue weighted by Crippen LogP contribution is -2.29. The Kier molecular flexibility index (Phi) is 4.04. The zero-order valence-corrected chi connectivity index (χ0v) is 10.0. The molecule has 7 heteroatoms. The van der Waals surface area contributed by atoms with E-state index in [1.165, 1.54) is 0 Å². The topological polar surface area (TPSA) is 51.2 Å². The summed E-state index contributed by atoms with van der Waals surface area (Å²) in [5.74, 6) is -0.638. The average molecular weight is 274 g/mol. The van der Waals surface area contributed by atoms with Gasteiger partial charge < -0.3 is 0 Å². The summed E-state index contributed by atoms with van der Waals surface area (Å²) in [5.41, 5.74) is 1.22. The first kappa shape index (κ1) is 13.8. The number of hydrogen-bond donors (Lipinski definition) is 1. The van der Waals surface area contributed by atoms with E-state index in [-0.39, 0.29) is 11.8 Å². The second kappa shape index (κ2) is 5.56. The molecule has 1 heterocycles. The van der Waals surface area contributed by atoms with Crippen LogP contribution in [0.15, 0.2) is 18.3 Å². The molecule has 1 aromatic rings. The number of carbonyl (C=O) groups excluding carboxylic acids is 1. The molecule has 1 fully saturated rings. The van der Waals surface area contributed by atoms with Crippen molar-refractivity contribution in [3.05, 3.63) is 29.6 Å². The van der Waals surface area contributed by atoms with Crippen molar-refractivity contribution in [1.29, 1.82) is 0 Å². The Labute approximate surface area is 107 Å². The summed E-state index contributed by atoms with van der Waals surface area (Å²) in [6.45, 7) is 0. The molecule has 1 saturated carbocycles. The van der Waals surface area contributed by atoms with Crippen molar-refractivity contribution < 1.29 is 22.8 Å². The summed E-state index contributed by atoms with van der Waals surface area (Å²) in [7, 11) is 0. The lowest BCUT2D eigenvalue weighted by Gasteiger charge is -2.11. The number of nitrogens with zero attached hydrogens (tertiary/aromatic N) is 1. The molecule has 0 atom stereocenters. The van der Waals surface area contributed by atoms with Crippen LogP contribution in [0.25, 0.3) is 0 Å². The lowest BCUT2D eigenvalue weighted by molar-refractivity contribution is -0.137. The van der Waals surface area contributed by atoms with E-state index in [0.29, 0.717) is 6.20 Å². The molecule has 0 unspecified atom stereocenters. The maximum atomic E-state index is 12.3. The smallest absolute Gasteiger partial charge is 0.270 e. The summed E-state index contributed by atoms with van der Waals surface area (Å²) < 4.78 is 36.9. The van der Waals surface area contributed by atoms with Gasteiger partial charge >= 0.3 is 6.18 Å². The van der Waals surface area contributed by atoms with Gasteiger partial charge in [-0.25, -0.2) is 5.48 Å². The second-order valence-electron chi connectivity index (χ2n) is 4.39. The van der Waals surface area contributed by atoms with Crippen molar-refractivity contribution in [1.82, 2.24) is 10.5 Å². The number of rotatable bonds is 3. The molecule has 104 valence electrons. The highest BCUT2D eigenvalue weighted by Crippen LogP contribution is 2.28. The van der Waals surface area contributed by atoms with Crippen molar-refractivity contribution >= 4 is 5.91 Å². The van der Waals surface area contributed by atoms with E-state index >= 15 is 0 Å². The molecule has 1 amide bonds. The van der Waals surface area contributed by atoms with Gasteiger partial charge in [0.15, 0.2) is 0 Å². The molecule has 0 bridgehead atoms. The minimum atomic E-state index is -4.46. The van der Waals surface area contributed by atoms with Crippen LogP contribution in [-0.4, -0.2) is 17.0 Å². The third kappa shape index (κ3) is 3.66. The van der Waals surface area contributed by atoms with Crippen molar-refractivity contribution in [2.45, 2.75) is 38.0 Å². The number of halogens is 3. The molecular weight excluding hydrogens is 261 g/mol. The van der Waals surface area contributed by atoms with Gasteiger partial charge in [-0.05, 0) is 25.0 Å². The molecule has 1 aromatic heterocycles. The minimum Gasteiger partial charge on any atom is -0.270 e. The molecule has 1 N–H and O–H groups in total. The number of alkyl halides is 3. The number of nitrogens with one attached hydrogen (secondary N) is 1. The van der Waals surface area contributed by atoms with Gasteiger partial charge in [0.1, 0.15) is 5.69 Å². The van der Waals surface area contributed by atoms with Crippen LogP contribution in [0.4, 0.5) is 13.2 Å². The molecule has 0 saturated heterocycles. The van der Waals surface area contributed by atoms with E-state index in [0.717, 1.165) is 37.8 Å². The minimum absolute atomic E-state index is 0.0154. The molecule has 0 aliphatic heterocycles. The summed E-state index contributed by atoms with van der Waals surface area (Å²) in [4.78, 5) is 20.2. The van der Waals surface area contributed by atoms with Crippen LogP contribution in [0.3, 0.4) is 0 Å². The third-order valence-corrected chi connectivity index (χ3v) is 2.94. The summed E-state index contributed by atoms with van der Waals surface area (Å²) in [6, 6.07) is 1.84. The number of hydrogen-bond acceptors (Lipinski definition) is 3. The SMILES string of the molecule is O=C(NOC1CCCC1)c1ccc(C(F)(F)F)cn1. The van der Waals surface area contributed by atoms with Gasteiger partial charge in [0, 0.05) is 6.20 Å². The van der Waals surface area contributed by atoms with Gasteiger partial charge in [0.25, 0.3) is 5.91 Å². The number of amides is 1. The maximum absolute atomic E-state index is 12.3. The van der Waals surface area contributed by atoms with E-state index in [1.807, 2.05) is 0 Å². The molecule has 4 nitrogen and oxygen atoms in total. The molecule has 2 rings (SSSR count). The molecule has 19 heavy (non-hydrogen) atoms. The van der Waals surface area contributed by atoms with Crippen molar-refractivity contribution in [2.75, 3.05) is 0 Å². The molecule has 0 radical (unpaired) electrons. The summed E-state index contributed by atoms with van der Waals surface area (Å²) >= 11 is 0. The third-order valence-electron chi connectivity index (χ3n) is 2.94. The highest BCUT2D eigenvalue weighted by molar-refractivity contribution is 5.91. The van der Waals surface area contributed by atoms with E-state index in [1.54, 1.807) is 0 Å². The van der Waals surface area contributed by atoms with Crippen LogP contribution < -0.4 is 5.48 Å². The van der Waals surface area contributed by atoms with E-state index in [9.17, 15) is 18.0 Å². The number of pyridine rings is 1. The Balaban J connectivity index is 1.92. The normalized spacial score (nSPS) is 16.6. The van der Waals surface area contributed by atoms with Crippen LogP contribution in [0.2, 0.25) is 0 Å². The zero-order valence-electron chi connectivity index (χ0n) is 10.0. The Bertz CT molecular complexity index is 439. The highest BCUT2D eigenvalue weighted by Gasteiger charge is 2.31. The van der Waals surface area contributed by atoms with Gasteiger partial charge in [-0.15, -0.1) is 0 Å². The Morgan fingerprint density at radius 2 is 2.00 bits per heavy atom. The van der Waals surface area contributed by atoms with Gasteiger partial charge in [-0.2, -0.15) is 13.2 Å². The highest BCUT2D eigenvalue weighted by atomic mass is 19.4. The quantitative estimate of drug-likeness (QED) is 0.862. The number of hydroxylamine groups is 1. The van der Waals surface area contributed by atoms with Gasteiger partial charge in [0.2, 0.25) is 0 Å². The van der Waals surface area contributed by atoms with Gasteiger partial charge in [-0.3, -0.25) is 14.6 Å². The van der Waals surface area contributed by atoms with Crippen LogP contribution >= 0.6 is 0 Å². The van der Waals surface area contributed by atoms with Crippen LogP contribution in [0.1, 0.15) is 41.7 Å². The first-order chi connectivity index (χ1) is 8.97. The van der Waals surface area contributed by atoms with E-state index in [2.05, 4.69) is 10.5 Å². The fourth-order valence-corrected chi connectivity index (χ4v) is 1.89. The monoisotopic (exact) mass is 274 g/mol. The van der Waals surface area contributed by atoms with Crippen LogP contribution in [0, 0.1) is 0 Å². The molecule has 1 aliphatic rings. The van der Waals surface area contributed by atoms with E-state index in [4.69, 9.17) is 4.84 Å². The van der Waals surface area contributed by atoms with Gasteiger partial charge in [-0.1, -0.05) is 12.8 Å². The lowest BCUT2D eigenvalue weighted by atomic mass is 10.2. The second-order valence-corrected chi connectivity index (χ2v) is 4.39. The molecule has 0 aromatic carbocycles. The van der Waals surface area contributed by atoms with Crippen LogP contribution in [0.5, 0.6) is 0 Å². The molecular formula is C12H13F3N2O2. The van der Waals surface area contributed by atoms with Gasteiger partial charge in [0.05, 0.1) is 11.7 Å². The van der Waals surface area contributed by atoms with Crippen LogP contribution in [-0.2, 0) is 11.0 Å². The van der Waals surface area contributed by atoms with E-state index < -0.39 is 17.6 Å². The fraction of sp³-hybridized carbons (Fsp3) is 0.500. The summed E-state index contributed by atoms with van der Waals surface area (Å²) in [6.07, 6.45) is 0.0188.